The molecule has 1 radical (unpaired) electrons. The van der Waals surface area contributed by atoms with Crippen molar-refractivity contribution in [3.8, 4) is 11.1 Å². The number of hydrogen-bond donors (Lipinski definition) is 1. The van der Waals surface area contributed by atoms with E-state index in [2.05, 4.69) is 164 Å². The topological polar surface area (TPSA) is 29.5 Å². The van der Waals surface area contributed by atoms with Crippen LogP contribution < -0.4 is 5.46 Å². The normalized spacial score (nSPS) is 15.1. The Labute approximate surface area is 322 Å². The van der Waals surface area contributed by atoms with Gasteiger partial charge < -0.3 is 9.76 Å². The van der Waals surface area contributed by atoms with E-state index in [1.165, 1.54) is 70.2 Å². The zero-order chi connectivity index (χ0) is 36.9. The van der Waals surface area contributed by atoms with Gasteiger partial charge in [0.2, 0.25) is 0 Å². The minimum absolute atomic E-state index is 0.516. The lowest BCUT2D eigenvalue weighted by Gasteiger charge is -2.50. The summed E-state index contributed by atoms with van der Waals surface area (Å²) < 4.78 is 8.96. The first-order valence-corrected chi connectivity index (χ1v) is 19.6. The Kier molecular flexibility index (Phi) is 7.33. The third kappa shape index (κ3) is 4.42. The van der Waals surface area contributed by atoms with E-state index in [0.717, 1.165) is 11.0 Å². The largest absolute Gasteiger partial charge is 0.427 e. The molecule has 7 aromatic carbocycles. The van der Waals surface area contributed by atoms with Crippen molar-refractivity contribution in [1.82, 2.24) is 0 Å². The van der Waals surface area contributed by atoms with Crippen LogP contribution in [0.4, 0.5) is 0 Å². The third-order valence-corrected chi connectivity index (χ3v) is 13.6. The van der Waals surface area contributed by atoms with Crippen molar-refractivity contribution in [3.05, 3.63) is 208 Å². The van der Waals surface area contributed by atoms with Crippen molar-refractivity contribution in [3.63, 3.8) is 0 Å². The van der Waals surface area contributed by atoms with Crippen LogP contribution in [0.3, 0.4) is 0 Å². The molecule has 2 aliphatic carbocycles. The fourth-order valence-corrected chi connectivity index (χ4v) is 10.6. The predicted molar refractivity (Wildman–Crippen MR) is 225 cm³/mol. The van der Waals surface area contributed by atoms with Crippen LogP contribution in [0.1, 0.15) is 72.2 Å². The Morgan fingerprint density at radius 2 is 0.981 bits per heavy atom. The van der Waals surface area contributed by atoms with Gasteiger partial charge in [-0.25, -0.2) is 0 Å². The number of fused-ring (bicyclic) bond motifs is 12. The second-order valence-corrected chi connectivity index (χ2v) is 17.0. The van der Waals surface area contributed by atoms with Gasteiger partial charge in [0, 0.05) is 20.2 Å². The minimum atomic E-state index is -1.04. The van der Waals surface area contributed by atoms with Crippen molar-refractivity contribution in [2.45, 2.75) is 49.7 Å². The molecule has 10 rings (SSSR count). The standard InChI is InChI=1S/C50H40BO2S/c1-47(2,52)48(3,4)53-51-33-18-15-17-32(31-33)49(43-28-16-30-45-46(43)36-21-7-14-29-44(36)54-45)39-24-10-12-26-41(39)50(42-27-13-11-25-40(42)49)37-22-8-5-19-34(37)35-20-6-9-23-38(35)50/h5-31,52H,1-4H3. The molecule has 2 aliphatic rings. The van der Waals surface area contributed by atoms with Gasteiger partial charge in [-0.05, 0) is 95.5 Å². The summed E-state index contributed by atoms with van der Waals surface area (Å²) in [5, 5.41) is 13.5. The van der Waals surface area contributed by atoms with Crippen molar-refractivity contribution < 1.29 is 9.76 Å². The average molecular weight is 716 g/mol. The van der Waals surface area contributed by atoms with E-state index < -0.39 is 22.0 Å². The molecule has 54 heavy (non-hydrogen) atoms. The van der Waals surface area contributed by atoms with Crippen LogP contribution in [0.2, 0.25) is 0 Å². The van der Waals surface area contributed by atoms with E-state index in [1.54, 1.807) is 13.8 Å². The lowest BCUT2D eigenvalue weighted by molar-refractivity contribution is -0.0893. The van der Waals surface area contributed by atoms with E-state index in [1.807, 2.05) is 32.7 Å². The van der Waals surface area contributed by atoms with Gasteiger partial charge in [0.15, 0.2) is 0 Å². The second kappa shape index (κ2) is 11.9. The maximum absolute atomic E-state index is 11.0. The van der Waals surface area contributed by atoms with E-state index in [9.17, 15) is 5.11 Å². The number of rotatable bonds is 6. The summed E-state index contributed by atoms with van der Waals surface area (Å²) in [5.74, 6) is 0. The Morgan fingerprint density at radius 1 is 0.500 bits per heavy atom. The summed E-state index contributed by atoms with van der Waals surface area (Å²) in [4.78, 5) is 0. The maximum Gasteiger partial charge on any atom is 0.330 e. The molecule has 1 N–H and O–H groups in total. The van der Waals surface area contributed by atoms with Gasteiger partial charge in [0.1, 0.15) is 0 Å². The van der Waals surface area contributed by atoms with Crippen molar-refractivity contribution >= 4 is 44.5 Å². The first-order chi connectivity index (χ1) is 26.2. The van der Waals surface area contributed by atoms with Gasteiger partial charge in [-0.15, -0.1) is 11.3 Å². The first-order valence-electron chi connectivity index (χ1n) is 18.8. The molecule has 1 aromatic heterocycles. The van der Waals surface area contributed by atoms with Crippen LogP contribution in [0.5, 0.6) is 0 Å². The van der Waals surface area contributed by atoms with Gasteiger partial charge in [0.05, 0.1) is 22.0 Å². The molecule has 4 heteroatoms. The Morgan fingerprint density at radius 3 is 1.59 bits per heavy atom. The van der Waals surface area contributed by atoms with Crippen LogP contribution in [-0.4, -0.2) is 23.8 Å². The predicted octanol–water partition coefficient (Wildman–Crippen LogP) is 10.9. The highest BCUT2D eigenvalue weighted by Crippen LogP contribution is 2.65. The lowest BCUT2D eigenvalue weighted by Crippen LogP contribution is -2.49. The van der Waals surface area contributed by atoms with Crippen molar-refractivity contribution in [2.24, 2.45) is 0 Å². The molecule has 0 fully saturated rings. The number of aliphatic hydroxyl groups is 1. The molecule has 0 saturated heterocycles. The first kappa shape index (κ1) is 33.3. The average Bonchev–Trinajstić information content (AvgIpc) is 3.72. The molecule has 0 saturated carbocycles. The summed E-state index contributed by atoms with van der Waals surface area (Å²) in [7, 11) is 1.82. The zero-order valence-corrected chi connectivity index (χ0v) is 31.7. The fraction of sp³-hybridized carbons (Fsp3) is 0.160. The van der Waals surface area contributed by atoms with Gasteiger partial charge in [0.25, 0.3) is 0 Å². The number of thiophene rings is 1. The molecule has 8 aromatic rings. The maximum atomic E-state index is 11.0. The molecule has 0 amide bonds. The van der Waals surface area contributed by atoms with Gasteiger partial charge in [-0.2, -0.15) is 0 Å². The molecule has 0 atom stereocenters. The molecule has 1 spiro atoms. The highest BCUT2D eigenvalue weighted by Gasteiger charge is 2.57. The smallest absolute Gasteiger partial charge is 0.330 e. The van der Waals surface area contributed by atoms with Gasteiger partial charge >= 0.3 is 7.48 Å². The van der Waals surface area contributed by atoms with E-state index in [0.29, 0.717) is 0 Å². The summed E-state index contributed by atoms with van der Waals surface area (Å²) in [6.45, 7) is 7.45. The molecule has 0 aliphatic heterocycles. The monoisotopic (exact) mass is 715 g/mol. The van der Waals surface area contributed by atoms with E-state index in [-0.39, 0.29) is 0 Å². The molecule has 1 heterocycles. The minimum Gasteiger partial charge on any atom is -0.427 e. The van der Waals surface area contributed by atoms with Crippen molar-refractivity contribution in [1.29, 1.82) is 0 Å². The Bertz CT molecular complexity index is 2670. The van der Waals surface area contributed by atoms with Gasteiger partial charge in [-0.3, -0.25) is 0 Å². The molecule has 0 unspecified atom stereocenters. The van der Waals surface area contributed by atoms with Gasteiger partial charge in [-0.1, -0.05) is 157 Å². The zero-order valence-electron chi connectivity index (χ0n) is 30.9. The molecule has 261 valence electrons. The van der Waals surface area contributed by atoms with E-state index in [4.69, 9.17) is 4.65 Å². The number of hydrogen-bond acceptors (Lipinski definition) is 3. The summed E-state index contributed by atoms with van der Waals surface area (Å²) in [6.07, 6.45) is 0. The second-order valence-electron chi connectivity index (χ2n) is 15.9. The summed E-state index contributed by atoms with van der Waals surface area (Å²) >= 11 is 1.86. The van der Waals surface area contributed by atoms with Crippen LogP contribution in [-0.2, 0) is 15.5 Å². The summed E-state index contributed by atoms with van der Waals surface area (Å²) in [5.41, 5.74) is 10.7. The molecule has 2 nitrogen and oxygen atoms in total. The highest BCUT2D eigenvalue weighted by molar-refractivity contribution is 7.25. The van der Waals surface area contributed by atoms with Crippen molar-refractivity contribution in [2.75, 3.05) is 0 Å². The molecule has 0 bridgehead atoms. The lowest BCUT2D eigenvalue weighted by atomic mass is 9.51. The quantitative estimate of drug-likeness (QED) is 0.174. The molecular formula is C50H40BO2S. The Hall–Kier alpha value is -5.26. The van der Waals surface area contributed by atoms with Crippen LogP contribution in [0.15, 0.2) is 164 Å². The fourth-order valence-electron chi connectivity index (χ4n) is 9.43. The summed E-state index contributed by atoms with van der Waals surface area (Å²) in [6, 6.07) is 61.0. The van der Waals surface area contributed by atoms with Crippen LogP contribution >= 0.6 is 11.3 Å². The third-order valence-electron chi connectivity index (χ3n) is 12.5. The highest BCUT2D eigenvalue weighted by atomic mass is 32.1. The molecular weight excluding hydrogens is 675 g/mol. The number of benzene rings is 7. The SMILES string of the molecule is CC(C)(O)C(C)(C)O[B]c1cccc(C2(c3cccc4sc5ccccc5c34)c3ccccc3C3(c4ccccc4-c4ccccc43)c3ccccc32)c1. The van der Waals surface area contributed by atoms with Crippen LogP contribution in [0.25, 0.3) is 31.3 Å². The van der Waals surface area contributed by atoms with E-state index >= 15 is 0 Å². The Balaban J connectivity index is 1.35. The van der Waals surface area contributed by atoms with Crippen LogP contribution in [0, 0.1) is 0 Å².